The van der Waals surface area contributed by atoms with Gasteiger partial charge in [0.15, 0.2) is 0 Å². The van der Waals surface area contributed by atoms with Crippen molar-refractivity contribution in [2.24, 2.45) is 0 Å². The lowest BCUT2D eigenvalue weighted by Gasteiger charge is -2.24. The van der Waals surface area contributed by atoms with Gasteiger partial charge in [0.1, 0.15) is 18.7 Å². The van der Waals surface area contributed by atoms with E-state index in [1.165, 1.54) is 6.33 Å². The summed E-state index contributed by atoms with van der Waals surface area (Å²) >= 11 is 12.1. The summed E-state index contributed by atoms with van der Waals surface area (Å²) in [7, 11) is 0. The van der Waals surface area contributed by atoms with Crippen LogP contribution < -0.4 is 5.32 Å². The van der Waals surface area contributed by atoms with Gasteiger partial charge in [-0.05, 0) is 48.7 Å². The lowest BCUT2D eigenvalue weighted by molar-refractivity contribution is -0.119. The number of aromatic nitrogens is 3. The van der Waals surface area contributed by atoms with Gasteiger partial charge in [0.2, 0.25) is 5.91 Å². The maximum atomic E-state index is 13.0. The average Bonchev–Trinajstić information content (AvgIpc) is 3.39. The molecule has 1 N–H and O–H groups in total. The predicted octanol–water partition coefficient (Wildman–Crippen LogP) is 3.88. The highest BCUT2D eigenvalue weighted by Gasteiger charge is 2.34. The largest absolute Gasteiger partial charge is 0.327 e. The molecule has 1 atom stereocenters. The molecule has 0 aliphatic carbocycles. The van der Waals surface area contributed by atoms with Gasteiger partial charge in [-0.1, -0.05) is 35.3 Å². The van der Waals surface area contributed by atoms with Crippen LogP contribution in [-0.4, -0.2) is 44.1 Å². The van der Waals surface area contributed by atoms with Crippen molar-refractivity contribution in [3.63, 3.8) is 0 Å². The van der Waals surface area contributed by atoms with Crippen molar-refractivity contribution in [2.45, 2.75) is 25.4 Å². The molecule has 1 fully saturated rings. The van der Waals surface area contributed by atoms with E-state index in [9.17, 15) is 9.59 Å². The highest BCUT2D eigenvalue weighted by Crippen LogP contribution is 2.25. The van der Waals surface area contributed by atoms with Crippen molar-refractivity contribution in [2.75, 3.05) is 11.9 Å². The van der Waals surface area contributed by atoms with Gasteiger partial charge in [0.25, 0.3) is 5.91 Å². The van der Waals surface area contributed by atoms with E-state index in [-0.39, 0.29) is 11.8 Å². The summed E-state index contributed by atoms with van der Waals surface area (Å²) in [4.78, 5) is 31.4. The quantitative estimate of drug-likeness (QED) is 0.648. The summed E-state index contributed by atoms with van der Waals surface area (Å²) in [5.41, 5.74) is 2.02. The van der Waals surface area contributed by atoms with Crippen LogP contribution in [0.15, 0.2) is 55.1 Å². The Morgan fingerprint density at radius 3 is 2.67 bits per heavy atom. The second-order valence-corrected chi connectivity index (χ2v) is 7.97. The third-order valence-electron chi connectivity index (χ3n) is 4.93. The van der Waals surface area contributed by atoms with E-state index in [1.807, 2.05) is 24.3 Å². The van der Waals surface area contributed by atoms with Crippen LogP contribution in [0.25, 0.3) is 0 Å². The number of nitrogens with one attached hydrogen (secondary N) is 1. The Morgan fingerprint density at radius 1 is 1.13 bits per heavy atom. The van der Waals surface area contributed by atoms with Crippen molar-refractivity contribution in [3.8, 4) is 0 Å². The van der Waals surface area contributed by atoms with Gasteiger partial charge < -0.3 is 10.2 Å². The Bertz CT molecular complexity index is 1050. The zero-order chi connectivity index (χ0) is 21.1. The van der Waals surface area contributed by atoms with Crippen LogP contribution >= 0.6 is 23.2 Å². The monoisotopic (exact) mass is 443 g/mol. The van der Waals surface area contributed by atoms with E-state index in [0.29, 0.717) is 40.8 Å². The van der Waals surface area contributed by atoms with E-state index in [0.717, 1.165) is 12.0 Å². The molecule has 0 radical (unpaired) electrons. The Hall–Kier alpha value is -2.90. The molecule has 154 valence electrons. The maximum absolute atomic E-state index is 13.0. The number of rotatable bonds is 5. The average molecular weight is 444 g/mol. The maximum Gasteiger partial charge on any atom is 0.254 e. The van der Waals surface area contributed by atoms with E-state index < -0.39 is 6.04 Å². The lowest BCUT2D eigenvalue weighted by Crippen LogP contribution is -2.43. The molecule has 7 nitrogen and oxygen atoms in total. The van der Waals surface area contributed by atoms with Gasteiger partial charge in [-0.3, -0.25) is 9.59 Å². The van der Waals surface area contributed by atoms with Crippen LogP contribution in [0.4, 0.5) is 5.69 Å². The smallest absolute Gasteiger partial charge is 0.254 e. The predicted molar refractivity (Wildman–Crippen MR) is 115 cm³/mol. The number of amides is 2. The molecule has 2 amide bonds. The number of carbonyl (C=O) groups excluding carboxylic acids is 2. The molecular weight excluding hydrogens is 425 g/mol. The number of nitrogens with zero attached hydrogens (tertiary/aromatic N) is 4. The molecule has 0 spiro atoms. The van der Waals surface area contributed by atoms with Crippen LogP contribution in [0.3, 0.4) is 0 Å². The summed E-state index contributed by atoms with van der Waals surface area (Å²) in [6, 6.07) is 11.7. The van der Waals surface area contributed by atoms with Crippen molar-refractivity contribution in [3.05, 3.63) is 76.3 Å². The molecule has 1 unspecified atom stereocenters. The standard InChI is InChI=1S/C21H19Cl2N5O2/c22-16-8-15(9-17(23)10-16)21(30)28-6-2-5-19(28)20(29)26-18-4-1-3-14(7-18)11-27-13-24-12-25-27/h1,3-4,7-10,12-13,19H,2,5-6,11H2,(H,26,29). The Labute approximate surface area is 183 Å². The fourth-order valence-electron chi connectivity index (χ4n) is 3.60. The molecule has 9 heteroatoms. The molecule has 30 heavy (non-hydrogen) atoms. The highest BCUT2D eigenvalue weighted by atomic mass is 35.5. The summed E-state index contributed by atoms with van der Waals surface area (Å²) in [5, 5.41) is 7.79. The molecule has 4 rings (SSSR count). The van der Waals surface area contributed by atoms with E-state index >= 15 is 0 Å². The fraction of sp³-hybridized carbons (Fsp3) is 0.238. The summed E-state index contributed by atoms with van der Waals surface area (Å²) in [6.45, 7) is 1.06. The third kappa shape index (κ3) is 4.63. The number of hydrogen-bond donors (Lipinski definition) is 1. The number of likely N-dealkylation sites (tertiary alicyclic amines) is 1. The molecule has 2 heterocycles. The molecule has 0 bridgehead atoms. The fourth-order valence-corrected chi connectivity index (χ4v) is 4.13. The second-order valence-electron chi connectivity index (χ2n) is 7.10. The molecule has 1 saturated heterocycles. The van der Waals surface area contributed by atoms with Gasteiger partial charge in [-0.2, -0.15) is 5.10 Å². The van der Waals surface area contributed by atoms with E-state index in [1.54, 1.807) is 34.1 Å². The van der Waals surface area contributed by atoms with Crippen molar-refractivity contribution in [1.82, 2.24) is 19.7 Å². The van der Waals surface area contributed by atoms with Crippen LogP contribution in [0.2, 0.25) is 10.0 Å². The number of hydrogen-bond acceptors (Lipinski definition) is 4. The van der Waals surface area contributed by atoms with Crippen molar-refractivity contribution < 1.29 is 9.59 Å². The molecule has 1 aliphatic heterocycles. The van der Waals surface area contributed by atoms with E-state index in [2.05, 4.69) is 15.4 Å². The minimum atomic E-state index is -0.547. The van der Waals surface area contributed by atoms with E-state index in [4.69, 9.17) is 23.2 Å². The second kappa shape index (κ2) is 8.85. The first-order valence-electron chi connectivity index (χ1n) is 9.49. The SMILES string of the molecule is O=C(Nc1cccc(Cn2cncn2)c1)C1CCCN1C(=O)c1cc(Cl)cc(Cl)c1. The minimum absolute atomic E-state index is 0.216. The van der Waals surface area contributed by atoms with Crippen LogP contribution in [0.1, 0.15) is 28.8 Å². The Morgan fingerprint density at radius 2 is 1.93 bits per heavy atom. The Balaban J connectivity index is 1.47. The summed E-state index contributed by atoms with van der Waals surface area (Å²) in [5.74, 6) is -0.469. The molecular formula is C21H19Cl2N5O2. The Kier molecular flexibility index (Phi) is 6.01. The van der Waals surface area contributed by atoms with Gasteiger partial charge >= 0.3 is 0 Å². The molecule has 0 saturated carbocycles. The molecule has 1 aliphatic rings. The highest BCUT2D eigenvalue weighted by molar-refractivity contribution is 6.35. The van der Waals surface area contributed by atoms with Crippen LogP contribution in [0, 0.1) is 0 Å². The van der Waals surface area contributed by atoms with Crippen molar-refractivity contribution >= 4 is 40.7 Å². The normalized spacial score (nSPS) is 15.9. The number of benzene rings is 2. The van der Waals surface area contributed by atoms with Gasteiger partial charge in [0.05, 0.1) is 6.54 Å². The van der Waals surface area contributed by atoms with Crippen LogP contribution in [0.5, 0.6) is 0 Å². The van der Waals surface area contributed by atoms with Gasteiger partial charge in [-0.15, -0.1) is 0 Å². The number of carbonyl (C=O) groups is 2. The molecule has 1 aromatic heterocycles. The number of halogens is 2. The first-order chi connectivity index (χ1) is 14.5. The zero-order valence-corrected chi connectivity index (χ0v) is 17.5. The molecule has 3 aromatic rings. The van der Waals surface area contributed by atoms with Crippen molar-refractivity contribution in [1.29, 1.82) is 0 Å². The summed E-state index contributed by atoms with van der Waals surface area (Å²) in [6.07, 6.45) is 4.47. The number of anilines is 1. The first kappa shape index (κ1) is 20.4. The third-order valence-corrected chi connectivity index (χ3v) is 5.37. The molecule has 2 aromatic carbocycles. The van der Waals surface area contributed by atoms with Crippen LogP contribution in [-0.2, 0) is 11.3 Å². The van der Waals surface area contributed by atoms with Gasteiger partial charge in [-0.25, -0.2) is 9.67 Å². The lowest BCUT2D eigenvalue weighted by atomic mass is 10.1. The first-order valence-corrected chi connectivity index (χ1v) is 10.2. The van der Waals surface area contributed by atoms with Gasteiger partial charge in [0, 0.05) is 27.8 Å². The zero-order valence-electron chi connectivity index (χ0n) is 16.0. The summed E-state index contributed by atoms with van der Waals surface area (Å²) < 4.78 is 1.70. The minimum Gasteiger partial charge on any atom is -0.327 e. The topological polar surface area (TPSA) is 80.1 Å².